The van der Waals surface area contributed by atoms with Gasteiger partial charge in [-0.2, -0.15) is 4.98 Å². The lowest BCUT2D eigenvalue weighted by Gasteiger charge is -2.19. The second-order valence-corrected chi connectivity index (χ2v) is 5.39. The normalized spacial score (nSPS) is 11.6. The Morgan fingerprint density at radius 3 is 2.65 bits per heavy atom. The lowest BCUT2D eigenvalue weighted by atomic mass is 10.1. The highest BCUT2D eigenvalue weighted by atomic mass is 16.5. The number of rotatable bonds is 4. The Hall–Kier alpha value is -3.23. The zero-order valence-corrected chi connectivity index (χ0v) is 12.5. The third-order valence-corrected chi connectivity index (χ3v) is 3.42. The van der Waals surface area contributed by atoms with E-state index in [1.807, 2.05) is 30.3 Å². The number of benzene rings is 1. The molecule has 0 aliphatic heterocycles. The van der Waals surface area contributed by atoms with Gasteiger partial charge in [0.1, 0.15) is 0 Å². The summed E-state index contributed by atoms with van der Waals surface area (Å²) < 4.78 is 6.28. The zero-order chi connectivity index (χ0) is 16.6. The van der Waals surface area contributed by atoms with Crippen molar-refractivity contribution in [1.29, 1.82) is 0 Å². The molecule has 9 heteroatoms. The fourth-order valence-electron chi connectivity index (χ4n) is 1.97. The summed E-state index contributed by atoms with van der Waals surface area (Å²) in [7, 11) is 0. The topological polar surface area (TPSA) is 133 Å². The first-order valence-electron chi connectivity index (χ1n) is 6.76. The molecule has 2 heterocycles. The molecule has 3 aromatic rings. The Morgan fingerprint density at radius 1 is 1.30 bits per heavy atom. The van der Waals surface area contributed by atoms with Crippen LogP contribution in [-0.4, -0.2) is 36.2 Å². The number of hydrogen-bond acceptors (Lipinski definition) is 7. The largest absolute Gasteiger partial charge is 0.479 e. The highest BCUT2D eigenvalue weighted by molar-refractivity contribution is 5.77. The van der Waals surface area contributed by atoms with Crippen LogP contribution in [-0.2, 0) is 10.3 Å². The summed E-state index contributed by atoms with van der Waals surface area (Å²) in [6.45, 7) is 2.93. The van der Waals surface area contributed by atoms with Crippen molar-refractivity contribution in [3.05, 3.63) is 30.3 Å². The summed E-state index contributed by atoms with van der Waals surface area (Å²) in [5, 5.41) is 20.8. The van der Waals surface area contributed by atoms with E-state index in [4.69, 9.17) is 10.3 Å². The van der Waals surface area contributed by atoms with Crippen LogP contribution < -0.4 is 5.73 Å². The Bertz CT molecular complexity index is 853. The van der Waals surface area contributed by atoms with Crippen LogP contribution in [0.15, 0.2) is 34.9 Å². The van der Waals surface area contributed by atoms with E-state index in [-0.39, 0.29) is 17.4 Å². The van der Waals surface area contributed by atoms with Gasteiger partial charge in [-0.25, -0.2) is 9.48 Å². The molecule has 118 valence electrons. The predicted octanol–water partition coefficient (Wildman–Crippen LogP) is 1.40. The molecule has 0 amide bonds. The number of hydrogen-bond donors (Lipinski definition) is 2. The molecule has 3 rings (SSSR count). The summed E-state index contributed by atoms with van der Waals surface area (Å²) in [6, 6.07) is 9.25. The number of aliphatic carboxylic acids is 1. The van der Waals surface area contributed by atoms with Gasteiger partial charge in [-0.1, -0.05) is 40.7 Å². The van der Waals surface area contributed by atoms with Gasteiger partial charge < -0.3 is 15.4 Å². The molecule has 9 nitrogen and oxygen atoms in total. The van der Waals surface area contributed by atoms with Gasteiger partial charge in [0.25, 0.3) is 5.89 Å². The van der Waals surface area contributed by atoms with E-state index < -0.39 is 11.5 Å². The monoisotopic (exact) mass is 314 g/mol. The average molecular weight is 314 g/mol. The first kappa shape index (κ1) is 14.7. The van der Waals surface area contributed by atoms with Gasteiger partial charge in [0.2, 0.25) is 5.82 Å². The molecular formula is C14H14N6O3. The van der Waals surface area contributed by atoms with Crippen molar-refractivity contribution in [2.75, 3.05) is 5.73 Å². The van der Waals surface area contributed by atoms with Crippen molar-refractivity contribution in [1.82, 2.24) is 25.1 Å². The van der Waals surface area contributed by atoms with Gasteiger partial charge in [-0.15, -0.1) is 5.10 Å². The summed E-state index contributed by atoms with van der Waals surface area (Å²) in [5.41, 5.74) is 5.53. The fourth-order valence-corrected chi connectivity index (χ4v) is 1.97. The van der Waals surface area contributed by atoms with Gasteiger partial charge in [0, 0.05) is 5.56 Å². The minimum Gasteiger partial charge on any atom is -0.479 e. The molecule has 23 heavy (non-hydrogen) atoms. The maximum Gasteiger partial charge on any atom is 0.331 e. The van der Waals surface area contributed by atoms with E-state index in [0.29, 0.717) is 5.82 Å². The molecule has 0 atom stereocenters. The van der Waals surface area contributed by atoms with E-state index in [9.17, 15) is 9.90 Å². The zero-order valence-electron chi connectivity index (χ0n) is 12.5. The minimum absolute atomic E-state index is 0.0423. The highest BCUT2D eigenvalue weighted by Crippen LogP contribution is 2.28. The van der Waals surface area contributed by atoms with Crippen molar-refractivity contribution in [2.24, 2.45) is 0 Å². The third kappa shape index (κ3) is 2.41. The molecule has 0 aliphatic carbocycles. The van der Waals surface area contributed by atoms with Gasteiger partial charge >= 0.3 is 5.97 Å². The van der Waals surface area contributed by atoms with Crippen molar-refractivity contribution in [3.8, 4) is 23.0 Å². The van der Waals surface area contributed by atoms with Gasteiger partial charge in [0.15, 0.2) is 17.1 Å². The van der Waals surface area contributed by atoms with E-state index in [1.54, 1.807) is 0 Å². The molecule has 0 radical (unpaired) electrons. The summed E-state index contributed by atoms with van der Waals surface area (Å²) in [6.07, 6.45) is 0. The van der Waals surface area contributed by atoms with Crippen LogP contribution in [0.1, 0.15) is 13.8 Å². The van der Waals surface area contributed by atoms with Crippen molar-refractivity contribution in [3.63, 3.8) is 0 Å². The van der Waals surface area contributed by atoms with E-state index in [1.165, 1.54) is 13.8 Å². The molecule has 0 fully saturated rings. The molecule has 3 N–H and O–H groups in total. The maximum atomic E-state index is 11.3. The van der Waals surface area contributed by atoms with Crippen molar-refractivity contribution < 1.29 is 14.4 Å². The Balaban J connectivity index is 2.00. The van der Waals surface area contributed by atoms with Crippen LogP contribution in [0.5, 0.6) is 0 Å². The Kier molecular flexibility index (Phi) is 3.32. The number of anilines is 1. The molecule has 0 saturated heterocycles. The number of nitrogens with zero attached hydrogens (tertiary/aromatic N) is 5. The first-order valence-corrected chi connectivity index (χ1v) is 6.76. The van der Waals surface area contributed by atoms with E-state index in [2.05, 4.69) is 20.5 Å². The molecule has 1 aromatic carbocycles. The third-order valence-electron chi connectivity index (χ3n) is 3.42. The van der Waals surface area contributed by atoms with Crippen molar-refractivity contribution in [2.45, 2.75) is 19.4 Å². The highest BCUT2D eigenvalue weighted by Gasteiger charge is 2.34. The lowest BCUT2D eigenvalue weighted by molar-refractivity contribution is -0.146. The number of aromatic nitrogens is 5. The first-order chi connectivity index (χ1) is 10.9. The molecular weight excluding hydrogens is 300 g/mol. The molecule has 0 spiro atoms. The molecule has 0 aliphatic rings. The van der Waals surface area contributed by atoms with Gasteiger partial charge in [-0.05, 0) is 13.8 Å². The van der Waals surface area contributed by atoms with Crippen LogP contribution in [0.4, 0.5) is 5.82 Å². The number of carbonyl (C=O) groups is 1. The SMILES string of the molecule is CC(C)(C(=O)O)n1nnc(-c2nc(-c3ccccc3)no2)c1N. The number of carboxylic acid groups (broad SMARTS) is 1. The molecule has 0 saturated carbocycles. The quantitative estimate of drug-likeness (QED) is 0.738. The summed E-state index contributed by atoms with van der Waals surface area (Å²) >= 11 is 0. The summed E-state index contributed by atoms with van der Waals surface area (Å²) in [5.74, 6) is -0.586. The standard InChI is InChI=1S/C14H14N6O3/c1-14(2,13(21)22)20-10(15)9(17-19-20)12-16-11(18-23-12)8-6-4-3-5-7-8/h3-7H,15H2,1-2H3,(H,21,22). The maximum absolute atomic E-state index is 11.3. The number of carboxylic acids is 1. The van der Waals surface area contributed by atoms with Crippen LogP contribution in [0.25, 0.3) is 23.0 Å². The number of nitrogens with two attached hydrogens (primary N) is 1. The van der Waals surface area contributed by atoms with Gasteiger partial charge in [-0.3, -0.25) is 0 Å². The van der Waals surface area contributed by atoms with Crippen LogP contribution in [0.2, 0.25) is 0 Å². The Morgan fingerprint density at radius 2 is 2.00 bits per heavy atom. The second-order valence-electron chi connectivity index (χ2n) is 5.39. The molecule has 2 aromatic heterocycles. The average Bonchev–Trinajstić information content (AvgIpc) is 3.14. The van der Waals surface area contributed by atoms with Crippen LogP contribution in [0.3, 0.4) is 0 Å². The van der Waals surface area contributed by atoms with Gasteiger partial charge in [0.05, 0.1) is 0 Å². The van der Waals surface area contributed by atoms with Crippen LogP contribution in [0, 0.1) is 0 Å². The number of nitrogen functional groups attached to an aromatic ring is 1. The molecule has 0 unspecified atom stereocenters. The smallest absolute Gasteiger partial charge is 0.331 e. The summed E-state index contributed by atoms with van der Waals surface area (Å²) in [4.78, 5) is 15.5. The fraction of sp³-hybridized carbons (Fsp3) is 0.214. The van der Waals surface area contributed by atoms with Crippen LogP contribution >= 0.6 is 0 Å². The Labute approximate surface area is 130 Å². The van der Waals surface area contributed by atoms with E-state index >= 15 is 0 Å². The van der Waals surface area contributed by atoms with Crippen molar-refractivity contribution >= 4 is 11.8 Å². The predicted molar refractivity (Wildman–Crippen MR) is 80.1 cm³/mol. The lowest BCUT2D eigenvalue weighted by Crippen LogP contribution is -2.37. The molecule has 0 bridgehead atoms. The minimum atomic E-state index is -1.35. The second kappa shape index (κ2) is 5.20. The van der Waals surface area contributed by atoms with E-state index in [0.717, 1.165) is 10.2 Å².